The third-order valence-corrected chi connectivity index (χ3v) is 5.37. The van der Waals surface area contributed by atoms with E-state index in [2.05, 4.69) is 17.6 Å². The van der Waals surface area contributed by atoms with Gasteiger partial charge >= 0.3 is 6.03 Å². The highest BCUT2D eigenvalue weighted by atomic mass is 32.2. The maximum atomic E-state index is 11.8. The fraction of sp³-hybridized carbons (Fsp3) is 0.933. The largest absolute Gasteiger partial charge is 0.337 e. The molecule has 1 saturated carbocycles. The number of urea groups is 1. The molecule has 1 fully saturated rings. The van der Waals surface area contributed by atoms with Crippen LogP contribution in [0.2, 0.25) is 0 Å². The Bertz CT molecular complexity index is 420. The summed E-state index contributed by atoms with van der Waals surface area (Å²) in [6.07, 6.45) is 9.83. The van der Waals surface area contributed by atoms with Crippen LogP contribution in [0.4, 0.5) is 4.79 Å². The van der Waals surface area contributed by atoms with Crippen molar-refractivity contribution in [2.45, 2.75) is 64.3 Å². The minimum absolute atomic E-state index is 0.186. The second kappa shape index (κ2) is 10.0. The van der Waals surface area contributed by atoms with E-state index in [1.165, 1.54) is 29.8 Å². The molecule has 0 spiro atoms. The highest BCUT2D eigenvalue weighted by Gasteiger charge is 2.17. The van der Waals surface area contributed by atoms with Gasteiger partial charge in [-0.1, -0.05) is 39.0 Å². The van der Waals surface area contributed by atoms with E-state index in [1.807, 2.05) is 0 Å². The van der Waals surface area contributed by atoms with Gasteiger partial charge in [0, 0.05) is 25.7 Å². The summed E-state index contributed by atoms with van der Waals surface area (Å²) >= 11 is 0. The average molecular weight is 333 g/mol. The van der Waals surface area contributed by atoms with Crippen molar-refractivity contribution < 1.29 is 13.2 Å². The van der Waals surface area contributed by atoms with Gasteiger partial charge in [0.05, 0.1) is 6.26 Å². The second-order valence-electron chi connectivity index (χ2n) is 6.10. The normalized spacial score (nSPS) is 16.7. The second-order valence-corrected chi connectivity index (χ2v) is 8.09. The molecule has 0 aromatic carbocycles. The Morgan fingerprint density at radius 1 is 1.14 bits per heavy atom. The summed E-state index contributed by atoms with van der Waals surface area (Å²) in [5.74, 6) is 0. The molecule has 0 radical (unpaired) electrons. The summed E-state index contributed by atoms with van der Waals surface area (Å²) in [4.78, 5) is 11.8. The van der Waals surface area contributed by atoms with Crippen LogP contribution in [0.5, 0.6) is 0 Å². The van der Waals surface area contributed by atoms with Gasteiger partial charge < -0.3 is 10.6 Å². The molecular weight excluding hydrogens is 302 g/mol. The van der Waals surface area contributed by atoms with Gasteiger partial charge in [-0.15, -0.1) is 0 Å². The maximum absolute atomic E-state index is 11.8. The number of carbonyl (C=O) groups is 1. The zero-order valence-electron chi connectivity index (χ0n) is 13.9. The number of hydrogen-bond donors (Lipinski definition) is 2. The van der Waals surface area contributed by atoms with Crippen molar-refractivity contribution in [2.75, 3.05) is 25.9 Å². The van der Waals surface area contributed by atoms with Crippen LogP contribution in [-0.4, -0.2) is 50.7 Å². The summed E-state index contributed by atoms with van der Waals surface area (Å²) in [7, 11) is -3.21. The fourth-order valence-electron chi connectivity index (χ4n) is 2.76. The van der Waals surface area contributed by atoms with Gasteiger partial charge in [0.2, 0.25) is 10.0 Å². The van der Waals surface area contributed by atoms with E-state index < -0.39 is 10.0 Å². The van der Waals surface area contributed by atoms with Crippen LogP contribution < -0.4 is 10.6 Å². The third kappa shape index (κ3) is 7.98. The van der Waals surface area contributed by atoms with Gasteiger partial charge in [-0.05, 0) is 19.3 Å². The van der Waals surface area contributed by atoms with Crippen molar-refractivity contribution >= 4 is 16.1 Å². The van der Waals surface area contributed by atoms with Crippen molar-refractivity contribution in [3.8, 4) is 0 Å². The van der Waals surface area contributed by atoms with E-state index in [0.717, 1.165) is 32.1 Å². The topological polar surface area (TPSA) is 78.5 Å². The molecule has 0 aromatic heterocycles. The number of nitrogens with zero attached hydrogens (tertiary/aromatic N) is 1. The van der Waals surface area contributed by atoms with Crippen molar-refractivity contribution in [3.05, 3.63) is 0 Å². The SMILES string of the molecule is CCCCCN(CCNC(=O)NC1CCCCC1)S(C)(=O)=O. The Morgan fingerprint density at radius 2 is 1.82 bits per heavy atom. The molecule has 6 nitrogen and oxygen atoms in total. The first-order valence-corrected chi connectivity index (χ1v) is 10.3. The number of hydrogen-bond acceptors (Lipinski definition) is 3. The number of amides is 2. The first kappa shape index (κ1) is 19.2. The van der Waals surface area contributed by atoms with Crippen LogP contribution in [-0.2, 0) is 10.0 Å². The molecule has 2 amide bonds. The first-order valence-electron chi connectivity index (χ1n) is 8.43. The number of sulfonamides is 1. The lowest BCUT2D eigenvalue weighted by Crippen LogP contribution is -2.45. The van der Waals surface area contributed by atoms with Gasteiger partial charge in [-0.25, -0.2) is 17.5 Å². The van der Waals surface area contributed by atoms with E-state index in [0.29, 0.717) is 19.6 Å². The summed E-state index contributed by atoms with van der Waals surface area (Å²) in [5, 5.41) is 5.73. The first-order chi connectivity index (χ1) is 10.4. The minimum atomic E-state index is -3.21. The quantitative estimate of drug-likeness (QED) is 0.634. The van der Waals surface area contributed by atoms with E-state index in [-0.39, 0.29) is 12.1 Å². The van der Waals surface area contributed by atoms with Crippen molar-refractivity contribution in [1.82, 2.24) is 14.9 Å². The molecule has 1 rings (SSSR count). The molecule has 0 aromatic rings. The summed E-state index contributed by atoms with van der Waals surface area (Å²) in [5.41, 5.74) is 0. The van der Waals surface area contributed by atoms with Gasteiger partial charge in [-0.2, -0.15) is 0 Å². The van der Waals surface area contributed by atoms with Crippen LogP contribution in [0.15, 0.2) is 0 Å². The predicted molar refractivity (Wildman–Crippen MR) is 89.3 cm³/mol. The van der Waals surface area contributed by atoms with Crippen LogP contribution in [0.3, 0.4) is 0 Å². The van der Waals surface area contributed by atoms with E-state index in [1.54, 1.807) is 0 Å². The van der Waals surface area contributed by atoms with Crippen molar-refractivity contribution in [3.63, 3.8) is 0 Å². The maximum Gasteiger partial charge on any atom is 0.315 e. The van der Waals surface area contributed by atoms with Crippen LogP contribution in [0.25, 0.3) is 0 Å². The highest BCUT2D eigenvalue weighted by molar-refractivity contribution is 7.88. The molecule has 0 saturated heterocycles. The molecule has 0 heterocycles. The van der Waals surface area contributed by atoms with Gasteiger partial charge in [-0.3, -0.25) is 0 Å². The zero-order valence-corrected chi connectivity index (χ0v) is 14.8. The van der Waals surface area contributed by atoms with Crippen molar-refractivity contribution in [1.29, 1.82) is 0 Å². The lowest BCUT2D eigenvalue weighted by atomic mass is 9.96. The van der Waals surface area contributed by atoms with Crippen LogP contribution in [0.1, 0.15) is 58.3 Å². The summed E-state index contributed by atoms with van der Waals surface area (Å²) in [6, 6.07) is 0.0817. The monoisotopic (exact) mass is 333 g/mol. The Labute approximate surface area is 135 Å². The van der Waals surface area contributed by atoms with Gasteiger partial charge in [0.25, 0.3) is 0 Å². The highest BCUT2D eigenvalue weighted by Crippen LogP contribution is 2.17. The molecule has 22 heavy (non-hydrogen) atoms. The van der Waals surface area contributed by atoms with E-state index >= 15 is 0 Å². The van der Waals surface area contributed by atoms with E-state index in [9.17, 15) is 13.2 Å². The lowest BCUT2D eigenvalue weighted by Gasteiger charge is -2.24. The standard InChI is InChI=1S/C15H31N3O3S/c1-3-4-8-12-18(22(2,20)21)13-11-16-15(19)17-14-9-6-5-7-10-14/h14H,3-13H2,1-2H3,(H2,16,17,19). The van der Waals surface area contributed by atoms with Gasteiger partial charge in [0.15, 0.2) is 0 Å². The number of unbranched alkanes of at least 4 members (excludes halogenated alkanes) is 2. The Balaban J connectivity index is 2.27. The Kier molecular flexibility index (Phi) is 8.78. The average Bonchev–Trinajstić information content (AvgIpc) is 2.45. The predicted octanol–water partition coefficient (Wildman–Crippen LogP) is 2.07. The number of nitrogens with one attached hydrogen (secondary N) is 2. The number of carbonyl (C=O) groups excluding carboxylic acids is 1. The fourth-order valence-corrected chi connectivity index (χ4v) is 3.64. The van der Waals surface area contributed by atoms with Crippen LogP contribution >= 0.6 is 0 Å². The van der Waals surface area contributed by atoms with Gasteiger partial charge in [0.1, 0.15) is 0 Å². The molecule has 130 valence electrons. The molecule has 7 heteroatoms. The molecule has 0 bridgehead atoms. The smallest absolute Gasteiger partial charge is 0.315 e. The third-order valence-electron chi connectivity index (χ3n) is 4.07. The van der Waals surface area contributed by atoms with Crippen LogP contribution in [0, 0.1) is 0 Å². The zero-order chi connectivity index (χ0) is 16.4. The molecule has 0 unspecified atom stereocenters. The summed E-state index contributed by atoms with van der Waals surface area (Å²) in [6.45, 7) is 3.29. The lowest BCUT2D eigenvalue weighted by molar-refractivity contribution is 0.231. The molecule has 1 aliphatic rings. The Morgan fingerprint density at radius 3 is 2.41 bits per heavy atom. The number of rotatable bonds is 9. The molecule has 2 N–H and O–H groups in total. The molecule has 0 atom stereocenters. The van der Waals surface area contributed by atoms with E-state index in [4.69, 9.17) is 0 Å². The minimum Gasteiger partial charge on any atom is -0.337 e. The molecule has 0 aliphatic heterocycles. The Hall–Kier alpha value is -0.820. The molecular formula is C15H31N3O3S. The van der Waals surface area contributed by atoms with Crippen molar-refractivity contribution in [2.24, 2.45) is 0 Å². The summed E-state index contributed by atoms with van der Waals surface area (Å²) < 4.78 is 24.9. The molecule has 1 aliphatic carbocycles.